The average Bonchev–Trinajstić information content (AvgIpc) is 2.74. The average molecular weight is 390 g/mol. The summed E-state index contributed by atoms with van der Waals surface area (Å²) in [5, 5.41) is 4.68. The maximum absolute atomic E-state index is 6.22. The van der Waals surface area contributed by atoms with E-state index in [9.17, 15) is 0 Å². The molecule has 0 aliphatic heterocycles. The molecule has 134 valence electrons. The van der Waals surface area contributed by atoms with Gasteiger partial charge in [0.05, 0.1) is 0 Å². The Morgan fingerprint density at radius 3 is 1.41 bits per heavy atom. The second-order valence-corrected chi connectivity index (χ2v) is 10.9. The second kappa shape index (κ2) is 8.05. The molecule has 0 aliphatic carbocycles. The minimum absolute atomic E-state index is 0.546. The van der Waals surface area contributed by atoms with Crippen LogP contribution in [0.15, 0.2) is 109 Å². The second-order valence-electron chi connectivity index (χ2n) is 6.63. The van der Waals surface area contributed by atoms with E-state index in [2.05, 4.69) is 102 Å². The number of benzene rings is 3. The summed E-state index contributed by atoms with van der Waals surface area (Å²) in [5.41, 5.74) is 1.03. The van der Waals surface area contributed by atoms with E-state index in [1.54, 1.807) is 0 Å². The molecule has 3 aromatic carbocycles. The molecule has 0 N–H and O–H groups in total. The van der Waals surface area contributed by atoms with Crippen LogP contribution in [0, 0.1) is 0 Å². The third-order valence-electron chi connectivity index (χ3n) is 5.02. The Labute approximate surface area is 166 Å². The van der Waals surface area contributed by atoms with Crippen molar-refractivity contribution < 1.29 is 0 Å². The fourth-order valence-electron chi connectivity index (χ4n) is 3.79. The first-order chi connectivity index (χ1) is 13.3. The van der Waals surface area contributed by atoms with Crippen molar-refractivity contribution in [3.8, 4) is 0 Å². The summed E-state index contributed by atoms with van der Waals surface area (Å²) in [6, 6.07) is 38.5. The summed E-state index contributed by atoms with van der Waals surface area (Å²) in [5.74, 6) is 0. The Morgan fingerprint density at radius 1 is 0.556 bits per heavy atom. The van der Waals surface area contributed by atoms with Gasteiger partial charge in [0, 0.05) is 0 Å². The number of rotatable bonds is 5. The van der Waals surface area contributed by atoms with Crippen molar-refractivity contribution in [1.82, 2.24) is 4.98 Å². The quantitative estimate of drug-likeness (QED) is 0.347. The Kier molecular flexibility index (Phi) is 5.34. The molecular weight excluding hydrogens is 369 g/mol. The number of hydrogen-bond donors (Lipinski definition) is 0. The van der Waals surface area contributed by atoms with Crippen LogP contribution < -0.4 is 15.9 Å². The van der Waals surface area contributed by atoms with Crippen molar-refractivity contribution in [1.29, 1.82) is 0 Å². The van der Waals surface area contributed by atoms with E-state index < -0.39 is 7.26 Å². The molecule has 3 heteroatoms. The fourth-order valence-corrected chi connectivity index (χ4v) is 8.61. The molecule has 0 radical (unpaired) electrons. The molecule has 0 aliphatic rings. The standard InChI is InChI=1S/C24H21ClNP/c25-24-18-10-11-20(26-24)19-27(21-12-4-1-5-13-21,22-14-6-2-7-15-22)23-16-8-3-9-17-23/h1-18,27H,19H2. The SMILES string of the molecule is Clc1cccc(C[PH](c2ccccc2)(c2ccccc2)c2ccccc2)n1. The Morgan fingerprint density at radius 2 is 1.00 bits per heavy atom. The number of halogens is 1. The van der Waals surface area contributed by atoms with E-state index in [-0.39, 0.29) is 0 Å². The van der Waals surface area contributed by atoms with Crippen LogP contribution in [0.25, 0.3) is 0 Å². The van der Waals surface area contributed by atoms with E-state index >= 15 is 0 Å². The van der Waals surface area contributed by atoms with Gasteiger partial charge in [-0.2, -0.15) is 0 Å². The third-order valence-corrected chi connectivity index (χ3v) is 10.1. The van der Waals surface area contributed by atoms with Gasteiger partial charge in [-0.25, -0.2) is 0 Å². The number of nitrogens with zero attached hydrogens (tertiary/aromatic N) is 1. The third kappa shape index (κ3) is 3.67. The van der Waals surface area contributed by atoms with Crippen molar-refractivity contribution in [3.63, 3.8) is 0 Å². The molecule has 4 rings (SSSR count). The van der Waals surface area contributed by atoms with Gasteiger partial charge in [0.25, 0.3) is 0 Å². The molecule has 0 atom stereocenters. The zero-order valence-electron chi connectivity index (χ0n) is 14.9. The summed E-state index contributed by atoms with van der Waals surface area (Å²) in [4.78, 5) is 4.63. The number of hydrogen-bond acceptors (Lipinski definition) is 1. The van der Waals surface area contributed by atoms with E-state index in [1.165, 1.54) is 15.9 Å². The normalized spacial score (nSPS) is 11.9. The Hall–Kier alpha value is -2.47. The molecule has 0 saturated heterocycles. The molecule has 1 heterocycles. The molecule has 0 unspecified atom stereocenters. The zero-order chi connectivity index (χ0) is 18.5. The van der Waals surface area contributed by atoms with Gasteiger partial charge in [-0.1, -0.05) is 0 Å². The predicted molar refractivity (Wildman–Crippen MR) is 119 cm³/mol. The van der Waals surface area contributed by atoms with Crippen molar-refractivity contribution in [2.75, 3.05) is 0 Å². The molecule has 1 aromatic heterocycles. The van der Waals surface area contributed by atoms with Crippen LogP contribution in [0.2, 0.25) is 5.15 Å². The van der Waals surface area contributed by atoms with Crippen LogP contribution in [0.3, 0.4) is 0 Å². The van der Waals surface area contributed by atoms with Gasteiger partial charge in [0.15, 0.2) is 0 Å². The monoisotopic (exact) mass is 389 g/mol. The molecule has 0 saturated carbocycles. The molecule has 1 nitrogen and oxygen atoms in total. The van der Waals surface area contributed by atoms with Gasteiger partial charge in [-0.3, -0.25) is 0 Å². The van der Waals surface area contributed by atoms with E-state index in [1.807, 2.05) is 12.1 Å². The topological polar surface area (TPSA) is 12.9 Å². The van der Waals surface area contributed by atoms with Crippen molar-refractivity contribution in [2.24, 2.45) is 0 Å². The molecule has 0 bridgehead atoms. The van der Waals surface area contributed by atoms with Crippen molar-refractivity contribution in [3.05, 3.63) is 120 Å². The molecule has 0 spiro atoms. The summed E-state index contributed by atoms with van der Waals surface area (Å²) in [6.07, 6.45) is 0.867. The molecule has 27 heavy (non-hydrogen) atoms. The molecule has 0 fully saturated rings. The Bertz CT molecular complexity index is 907. The van der Waals surface area contributed by atoms with Gasteiger partial charge in [0.1, 0.15) is 0 Å². The van der Waals surface area contributed by atoms with Gasteiger partial charge in [0.2, 0.25) is 0 Å². The summed E-state index contributed by atoms with van der Waals surface area (Å²) < 4.78 is 0. The van der Waals surface area contributed by atoms with Gasteiger partial charge < -0.3 is 0 Å². The summed E-state index contributed by atoms with van der Waals surface area (Å²) >= 11 is 6.22. The first kappa shape index (κ1) is 17.9. The van der Waals surface area contributed by atoms with Crippen LogP contribution in [0.1, 0.15) is 5.69 Å². The van der Waals surface area contributed by atoms with E-state index in [4.69, 9.17) is 11.6 Å². The van der Waals surface area contributed by atoms with Crippen LogP contribution in [-0.2, 0) is 6.16 Å². The number of aromatic nitrogens is 1. The fraction of sp³-hybridized carbons (Fsp3) is 0.0417. The van der Waals surface area contributed by atoms with Crippen LogP contribution >= 0.6 is 18.9 Å². The van der Waals surface area contributed by atoms with Gasteiger partial charge >= 0.3 is 166 Å². The maximum atomic E-state index is 6.22. The summed E-state index contributed by atoms with van der Waals surface area (Å²) in [7, 11) is -2.31. The van der Waals surface area contributed by atoms with E-state index in [0.29, 0.717) is 5.15 Å². The van der Waals surface area contributed by atoms with Crippen LogP contribution in [-0.4, -0.2) is 4.98 Å². The first-order valence-electron chi connectivity index (χ1n) is 9.07. The molecular formula is C24H21ClNP. The zero-order valence-corrected chi connectivity index (χ0v) is 16.7. The van der Waals surface area contributed by atoms with Gasteiger partial charge in [-0.15, -0.1) is 0 Å². The number of pyridine rings is 1. The van der Waals surface area contributed by atoms with Crippen molar-refractivity contribution >= 4 is 34.8 Å². The Balaban J connectivity index is 2.00. The van der Waals surface area contributed by atoms with Crippen LogP contribution in [0.5, 0.6) is 0 Å². The minimum atomic E-state index is -2.31. The van der Waals surface area contributed by atoms with Crippen LogP contribution in [0.4, 0.5) is 0 Å². The van der Waals surface area contributed by atoms with Crippen molar-refractivity contribution in [2.45, 2.75) is 6.16 Å². The first-order valence-corrected chi connectivity index (χ1v) is 11.7. The molecule has 4 aromatic rings. The predicted octanol–water partition coefficient (Wildman–Crippen LogP) is 4.96. The van der Waals surface area contributed by atoms with E-state index in [0.717, 1.165) is 11.9 Å². The van der Waals surface area contributed by atoms with Gasteiger partial charge in [-0.05, 0) is 0 Å². The summed E-state index contributed by atoms with van der Waals surface area (Å²) in [6.45, 7) is 0. The molecule has 0 amide bonds.